The largest absolute Gasteiger partial charge is 0.356 e. The maximum atomic E-state index is 13.3. The third kappa shape index (κ3) is 3.46. The van der Waals surface area contributed by atoms with Crippen LogP contribution in [0, 0.1) is 18.8 Å². The Morgan fingerprint density at radius 1 is 1.19 bits per heavy atom. The van der Waals surface area contributed by atoms with Crippen molar-refractivity contribution in [2.24, 2.45) is 17.6 Å². The van der Waals surface area contributed by atoms with Crippen molar-refractivity contribution in [3.05, 3.63) is 35.4 Å². The summed E-state index contributed by atoms with van der Waals surface area (Å²) >= 11 is 0. The van der Waals surface area contributed by atoms with Crippen LogP contribution in [0.1, 0.15) is 30.0 Å². The normalized spacial score (nSPS) is 33.0. The third-order valence-electron chi connectivity index (χ3n) is 6.45. The van der Waals surface area contributed by atoms with Crippen LogP contribution in [0.4, 0.5) is 0 Å². The molecule has 2 heterocycles. The summed E-state index contributed by atoms with van der Waals surface area (Å²) in [4.78, 5) is 29.2. The minimum Gasteiger partial charge on any atom is -0.356 e. The average Bonchev–Trinajstić information content (AvgIpc) is 2.84. The lowest BCUT2D eigenvalue weighted by atomic mass is 9.90. The van der Waals surface area contributed by atoms with Crippen LogP contribution in [0.5, 0.6) is 0 Å². The van der Waals surface area contributed by atoms with Gasteiger partial charge in [-0.1, -0.05) is 24.3 Å². The van der Waals surface area contributed by atoms with Crippen molar-refractivity contribution in [2.75, 3.05) is 26.7 Å². The molecular formula is C20H28ClN3O3. The zero-order valence-electron chi connectivity index (χ0n) is 15.8. The standard InChI is InChI=1S/C20H27N3O3.ClH/c1-12-5-3-4-6-15(12)18-19(26-11-16(24)22(18)2)20(25)23-9-13-7-8-14(10-23)17(13)21;/h3-6,13-14,17-19H,7-11,21H2,1-2H3;1H/t13-,14+,17?,18-,19+;/m1./s1. The van der Waals surface area contributed by atoms with Gasteiger partial charge in [-0.15, -0.1) is 12.4 Å². The first-order valence-electron chi connectivity index (χ1n) is 9.44. The first kappa shape index (κ1) is 20.1. The minimum absolute atomic E-state index is 0. The maximum Gasteiger partial charge on any atom is 0.254 e. The number of nitrogens with zero attached hydrogens (tertiary/aromatic N) is 2. The number of likely N-dealkylation sites (tertiary alicyclic amines) is 1. The molecular weight excluding hydrogens is 366 g/mol. The number of carbonyl (C=O) groups is 2. The van der Waals surface area contributed by atoms with Gasteiger partial charge in [0, 0.05) is 26.2 Å². The first-order chi connectivity index (χ1) is 12.5. The quantitative estimate of drug-likeness (QED) is 0.826. The van der Waals surface area contributed by atoms with Crippen molar-refractivity contribution in [1.29, 1.82) is 0 Å². The molecule has 0 aromatic heterocycles. The van der Waals surface area contributed by atoms with Crippen molar-refractivity contribution in [3.8, 4) is 0 Å². The summed E-state index contributed by atoms with van der Waals surface area (Å²) in [5.41, 5.74) is 8.31. The highest BCUT2D eigenvalue weighted by atomic mass is 35.5. The minimum atomic E-state index is -0.660. The average molecular weight is 394 g/mol. The Morgan fingerprint density at radius 3 is 2.44 bits per heavy atom. The van der Waals surface area contributed by atoms with E-state index in [2.05, 4.69) is 0 Å². The molecule has 6 nitrogen and oxygen atoms in total. The summed E-state index contributed by atoms with van der Waals surface area (Å²) in [5.74, 6) is 0.666. The second kappa shape index (κ2) is 7.78. The van der Waals surface area contributed by atoms with Crippen molar-refractivity contribution >= 4 is 24.2 Å². The number of fused-ring (bicyclic) bond motifs is 2. The molecule has 4 rings (SSSR count). The summed E-state index contributed by atoms with van der Waals surface area (Å²) in [6.07, 6.45) is 1.54. The summed E-state index contributed by atoms with van der Waals surface area (Å²) in [6.45, 7) is 3.36. The van der Waals surface area contributed by atoms with Crippen molar-refractivity contribution in [1.82, 2.24) is 9.80 Å². The number of benzene rings is 1. The van der Waals surface area contributed by atoms with Crippen LogP contribution in [0.25, 0.3) is 0 Å². The molecule has 2 amide bonds. The summed E-state index contributed by atoms with van der Waals surface area (Å²) in [7, 11) is 1.76. The predicted octanol–water partition coefficient (Wildman–Crippen LogP) is 1.51. The van der Waals surface area contributed by atoms with E-state index in [9.17, 15) is 9.59 Å². The monoisotopic (exact) mass is 393 g/mol. The van der Waals surface area contributed by atoms with Crippen LogP contribution >= 0.6 is 12.4 Å². The molecule has 2 bridgehead atoms. The lowest BCUT2D eigenvalue weighted by Crippen LogP contribution is -2.58. The number of carbonyl (C=O) groups excluding carboxylic acids is 2. The molecule has 1 aromatic carbocycles. The fraction of sp³-hybridized carbons (Fsp3) is 0.600. The van der Waals surface area contributed by atoms with Crippen LogP contribution in [0.2, 0.25) is 0 Å². The number of likely N-dealkylation sites (N-methyl/N-ethyl adjacent to an activating group) is 1. The van der Waals surface area contributed by atoms with Crippen molar-refractivity contribution in [3.63, 3.8) is 0 Å². The lowest BCUT2D eigenvalue weighted by molar-refractivity contribution is -0.168. The number of piperidine rings is 1. The number of hydrogen-bond donors (Lipinski definition) is 1. The SMILES string of the molecule is Cc1ccccc1[C@@H]1[C@@H](C(=O)N2C[C@H]3CC[C@@H](C2)C3N)OCC(=O)N1C.Cl. The van der Waals surface area contributed by atoms with E-state index < -0.39 is 12.1 Å². The van der Waals surface area contributed by atoms with Gasteiger partial charge in [0.05, 0.1) is 6.04 Å². The Balaban J connectivity index is 0.00000210. The van der Waals surface area contributed by atoms with Crippen LogP contribution in [-0.2, 0) is 14.3 Å². The number of morpholine rings is 1. The van der Waals surface area contributed by atoms with Gasteiger partial charge in [-0.3, -0.25) is 9.59 Å². The molecule has 0 radical (unpaired) electrons. The van der Waals surface area contributed by atoms with Gasteiger partial charge in [-0.05, 0) is 42.7 Å². The number of halogens is 1. The lowest BCUT2D eigenvalue weighted by Gasteiger charge is -2.43. The number of aryl methyl sites for hydroxylation is 1. The number of ether oxygens (including phenoxy) is 1. The highest BCUT2D eigenvalue weighted by molar-refractivity contribution is 5.86. The van der Waals surface area contributed by atoms with E-state index in [0.29, 0.717) is 24.9 Å². The van der Waals surface area contributed by atoms with E-state index in [0.717, 1.165) is 24.0 Å². The van der Waals surface area contributed by atoms with Gasteiger partial charge in [0.15, 0.2) is 6.10 Å². The maximum absolute atomic E-state index is 13.3. The molecule has 5 atom stereocenters. The van der Waals surface area contributed by atoms with Gasteiger partial charge in [-0.25, -0.2) is 0 Å². The van der Waals surface area contributed by atoms with Gasteiger partial charge in [-0.2, -0.15) is 0 Å². The molecule has 7 heteroatoms. The smallest absolute Gasteiger partial charge is 0.254 e. The van der Waals surface area contributed by atoms with E-state index in [4.69, 9.17) is 10.5 Å². The molecule has 1 aliphatic carbocycles. The van der Waals surface area contributed by atoms with E-state index in [-0.39, 0.29) is 36.9 Å². The van der Waals surface area contributed by atoms with E-state index in [1.54, 1.807) is 11.9 Å². The molecule has 148 valence electrons. The van der Waals surface area contributed by atoms with Gasteiger partial charge in [0.25, 0.3) is 5.91 Å². The molecule has 2 N–H and O–H groups in total. The molecule has 27 heavy (non-hydrogen) atoms. The van der Waals surface area contributed by atoms with Gasteiger partial charge < -0.3 is 20.3 Å². The third-order valence-corrected chi connectivity index (χ3v) is 6.45. The summed E-state index contributed by atoms with van der Waals surface area (Å²) in [6, 6.07) is 7.71. The Labute approximate surface area is 166 Å². The Morgan fingerprint density at radius 2 is 1.81 bits per heavy atom. The second-order valence-corrected chi connectivity index (χ2v) is 7.96. The zero-order chi connectivity index (χ0) is 18.4. The van der Waals surface area contributed by atoms with Crippen LogP contribution < -0.4 is 5.73 Å². The fourth-order valence-electron chi connectivity index (χ4n) is 4.83. The van der Waals surface area contributed by atoms with Gasteiger partial charge in [0.2, 0.25) is 5.91 Å². The topological polar surface area (TPSA) is 75.9 Å². The predicted molar refractivity (Wildman–Crippen MR) is 104 cm³/mol. The summed E-state index contributed by atoms with van der Waals surface area (Å²) in [5, 5.41) is 0. The number of hydrogen-bond acceptors (Lipinski definition) is 4. The molecule has 3 fully saturated rings. The number of rotatable bonds is 2. The molecule has 1 aromatic rings. The molecule has 2 saturated heterocycles. The zero-order valence-corrected chi connectivity index (χ0v) is 16.7. The molecule has 0 spiro atoms. The highest BCUT2D eigenvalue weighted by Crippen LogP contribution is 2.38. The Hall–Kier alpha value is -1.63. The first-order valence-corrected chi connectivity index (χ1v) is 9.44. The van der Waals surface area contributed by atoms with Gasteiger partial charge in [0.1, 0.15) is 6.61 Å². The van der Waals surface area contributed by atoms with Crippen LogP contribution in [-0.4, -0.2) is 60.5 Å². The Bertz CT molecular complexity index is 714. The van der Waals surface area contributed by atoms with Crippen molar-refractivity contribution < 1.29 is 14.3 Å². The molecule has 1 unspecified atom stereocenters. The van der Waals surface area contributed by atoms with Crippen LogP contribution in [0.3, 0.4) is 0 Å². The van der Waals surface area contributed by atoms with Crippen molar-refractivity contribution in [2.45, 2.75) is 38.0 Å². The number of nitrogens with two attached hydrogens (primary N) is 1. The molecule has 1 saturated carbocycles. The van der Waals surface area contributed by atoms with Gasteiger partial charge >= 0.3 is 0 Å². The van der Waals surface area contributed by atoms with E-state index in [1.807, 2.05) is 36.1 Å². The summed E-state index contributed by atoms with van der Waals surface area (Å²) < 4.78 is 5.80. The molecule has 2 aliphatic heterocycles. The van der Waals surface area contributed by atoms with E-state index >= 15 is 0 Å². The number of amides is 2. The Kier molecular flexibility index (Phi) is 5.79. The highest BCUT2D eigenvalue weighted by Gasteiger charge is 2.46. The van der Waals surface area contributed by atoms with E-state index in [1.165, 1.54) is 0 Å². The molecule has 3 aliphatic rings. The van der Waals surface area contributed by atoms with Crippen LogP contribution in [0.15, 0.2) is 24.3 Å². The fourth-order valence-corrected chi connectivity index (χ4v) is 4.83. The second-order valence-electron chi connectivity index (χ2n) is 7.96.